The molecule has 128 valence electrons. The lowest BCUT2D eigenvalue weighted by molar-refractivity contribution is -0.141. The van der Waals surface area contributed by atoms with Crippen LogP contribution in [0.3, 0.4) is 0 Å². The molecule has 1 aliphatic heterocycles. The fraction of sp³-hybridized carbons (Fsp3) is 0.444. The Morgan fingerprint density at radius 1 is 1.25 bits per heavy atom. The van der Waals surface area contributed by atoms with Crippen LogP contribution in [-0.2, 0) is 16.9 Å². The number of aromatic nitrogens is 2. The average Bonchev–Trinajstić information content (AvgIpc) is 3.12. The summed E-state index contributed by atoms with van der Waals surface area (Å²) in [5.41, 5.74) is 0.480. The Morgan fingerprint density at radius 3 is 2.46 bits per heavy atom. The molecule has 6 heteroatoms. The molecule has 0 radical (unpaired) electrons. The summed E-state index contributed by atoms with van der Waals surface area (Å²) in [4.78, 5) is 16.8. The zero-order chi connectivity index (χ0) is 17.2. The maximum absolute atomic E-state index is 13.0. The van der Waals surface area contributed by atoms with Gasteiger partial charge in [-0.05, 0) is 36.6 Å². The molecule has 0 atom stereocenters. The number of hydrogen-bond acceptors (Lipinski definition) is 3. The number of rotatable bonds is 4. The Labute approximate surface area is 141 Å². The molecule has 1 saturated heterocycles. The van der Waals surface area contributed by atoms with E-state index in [1.54, 1.807) is 25.2 Å². The largest absolute Gasteiger partial charge is 0.347 e. The fourth-order valence-electron chi connectivity index (χ4n) is 3.41. The van der Waals surface area contributed by atoms with E-state index in [1.165, 1.54) is 12.1 Å². The van der Waals surface area contributed by atoms with Crippen LogP contribution < -0.4 is 0 Å². The highest BCUT2D eigenvalue weighted by atomic mass is 19.1. The van der Waals surface area contributed by atoms with Gasteiger partial charge in [-0.2, -0.15) is 5.10 Å². The highest BCUT2D eigenvalue weighted by Gasteiger charge is 2.44. The van der Waals surface area contributed by atoms with Crippen LogP contribution in [0.4, 0.5) is 4.39 Å². The third kappa shape index (κ3) is 3.19. The number of halogens is 1. The summed E-state index contributed by atoms with van der Waals surface area (Å²) in [5, 5.41) is 4.34. The maximum atomic E-state index is 13.0. The smallest absolute Gasteiger partial charge is 0.250 e. The molecule has 1 aliphatic rings. The van der Waals surface area contributed by atoms with E-state index in [0.29, 0.717) is 12.8 Å². The van der Waals surface area contributed by atoms with Gasteiger partial charge in [0.1, 0.15) is 11.4 Å². The maximum Gasteiger partial charge on any atom is 0.250 e. The van der Waals surface area contributed by atoms with Crippen LogP contribution in [0.1, 0.15) is 18.4 Å². The highest BCUT2D eigenvalue weighted by Crippen LogP contribution is 2.32. The lowest BCUT2D eigenvalue weighted by atomic mass is 9.86. The van der Waals surface area contributed by atoms with Crippen molar-refractivity contribution in [2.45, 2.75) is 24.9 Å². The van der Waals surface area contributed by atoms with Gasteiger partial charge in [0, 0.05) is 46.1 Å². The summed E-state index contributed by atoms with van der Waals surface area (Å²) in [6, 6.07) is 8.46. The van der Waals surface area contributed by atoms with Gasteiger partial charge in [-0.1, -0.05) is 12.1 Å². The Hall–Kier alpha value is -2.21. The molecule has 5 nitrogen and oxygen atoms in total. The van der Waals surface area contributed by atoms with E-state index in [2.05, 4.69) is 10.00 Å². The number of benzene rings is 1. The van der Waals surface area contributed by atoms with E-state index in [9.17, 15) is 9.18 Å². The van der Waals surface area contributed by atoms with Gasteiger partial charge in [-0.25, -0.2) is 4.39 Å². The molecule has 1 aromatic heterocycles. The molecule has 1 fully saturated rings. The Morgan fingerprint density at radius 2 is 1.92 bits per heavy atom. The van der Waals surface area contributed by atoms with Crippen LogP contribution in [0.2, 0.25) is 0 Å². The molecule has 0 N–H and O–H groups in total. The number of nitrogens with zero attached hydrogens (tertiary/aromatic N) is 4. The van der Waals surface area contributed by atoms with Crippen LogP contribution >= 0.6 is 0 Å². The number of carbonyl (C=O) groups excluding carboxylic acids is 1. The van der Waals surface area contributed by atoms with Crippen molar-refractivity contribution in [2.24, 2.45) is 0 Å². The lowest BCUT2D eigenvalue weighted by Crippen LogP contribution is -2.54. The number of piperidine rings is 1. The van der Waals surface area contributed by atoms with Crippen molar-refractivity contribution in [3.05, 3.63) is 54.1 Å². The minimum Gasteiger partial charge on any atom is -0.347 e. The number of likely N-dealkylation sites (tertiary alicyclic amines) is 1. The standard InChI is InChI=1S/C18H23FN4O/c1-21(2)17(24)18(23-11-3-10-20-23)8-12-22(13-9-18)14-15-4-6-16(19)7-5-15/h3-7,10-11H,8-9,12-14H2,1-2H3. The monoisotopic (exact) mass is 330 g/mol. The molecule has 2 heterocycles. The van der Waals surface area contributed by atoms with Crippen LogP contribution in [0.15, 0.2) is 42.7 Å². The van der Waals surface area contributed by atoms with Gasteiger partial charge in [0.15, 0.2) is 0 Å². The number of likely N-dealkylation sites (N-methyl/N-ethyl adjacent to an activating group) is 1. The zero-order valence-electron chi connectivity index (χ0n) is 14.2. The summed E-state index contributed by atoms with van der Waals surface area (Å²) >= 11 is 0. The highest BCUT2D eigenvalue weighted by molar-refractivity contribution is 5.84. The van der Waals surface area contributed by atoms with Gasteiger partial charge in [-0.15, -0.1) is 0 Å². The van der Waals surface area contributed by atoms with Crippen LogP contribution in [0.25, 0.3) is 0 Å². The molecular formula is C18H23FN4O. The predicted molar refractivity (Wildman–Crippen MR) is 89.8 cm³/mol. The van der Waals surface area contributed by atoms with Crippen molar-refractivity contribution in [3.63, 3.8) is 0 Å². The first-order valence-electron chi connectivity index (χ1n) is 8.20. The first-order valence-corrected chi connectivity index (χ1v) is 8.20. The van der Waals surface area contributed by atoms with E-state index < -0.39 is 5.54 Å². The molecule has 2 aromatic rings. The number of carbonyl (C=O) groups is 1. The predicted octanol–water partition coefficient (Wildman–Crippen LogP) is 2.10. The average molecular weight is 330 g/mol. The molecule has 0 spiro atoms. The first kappa shape index (κ1) is 16.6. The zero-order valence-corrected chi connectivity index (χ0v) is 14.2. The van der Waals surface area contributed by atoms with Crippen molar-refractivity contribution >= 4 is 5.91 Å². The lowest BCUT2D eigenvalue weighted by Gasteiger charge is -2.42. The van der Waals surface area contributed by atoms with Gasteiger partial charge in [0.05, 0.1) is 0 Å². The normalized spacial score (nSPS) is 17.6. The van der Waals surface area contributed by atoms with Gasteiger partial charge in [0.2, 0.25) is 5.91 Å². The summed E-state index contributed by atoms with van der Waals surface area (Å²) in [6.07, 6.45) is 5.02. The van der Waals surface area contributed by atoms with E-state index in [4.69, 9.17) is 0 Å². The number of amides is 1. The van der Waals surface area contributed by atoms with Gasteiger partial charge in [0.25, 0.3) is 0 Å². The molecule has 3 rings (SSSR count). The van der Waals surface area contributed by atoms with E-state index >= 15 is 0 Å². The topological polar surface area (TPSA) is 41.4 Å². The first-order chi connectivity index (χ1) is 11.5. The summed E-state index contributed by atoms with van der Waals surface area (Å²) in [5.74, 6) is -0.126. The molecule has 0 unspecified atom stereocenters. The second kappa shape index (κ2) is 6.73. The van der Waals surface area contributed by atoms with Crippen molar-refractivity contribution in [1.29, 1.82) is 0 Å². The van der Waals surface area contributed by atoms with Crippen molar-refractivity contribution < 1.29 is 9.18 Å². The van der Waals surface area contributed by atoms with Crippen LogP contribution in [0, 0.1) is 5.82 Å². The van der Waals surface area contributed by atoms with E-state index in [0.717, 1.165) is 25.2 Å². The van der Waals surface area contributed by atoms with Crippen LogP contribution in [-0.4, -0.2) is 52.7 Å². The van der Waals surface area contributed by atoms with Gasteiger partial charge < -0.3 is 4.90 Å². The fourth-order valence-corrected chi connectivity index (χ4v) is 3.41. The second-order valence-corrected chi connectivity index (χ2v) is 6.58. The SMILES string of the molecule is CN(C)C(=O)C1(n2cccn2)CCN(Cc2ccc(F)cc2)CC1. The quantitative estimate of drug-likeness (QED) is 0.862. The molecular weight excluding hydrogens is 307 g/mol. The second-order valence-electron chi connectivity index (χ2n) is 6.58. The van der Waals surface area contributed by atoms with Gasteiger partial charge in [-0.3, -0.25) is 14.4 Å². The summed E-state index contributed by atoms with van der Waals surface area (Å²) in [6.45, 7) is 2.37. The molecule has 0 aliphatic carbocycles. The molecule has 1 aromatic carbocycles. The third-order valence-corrected chi connectivity index (χ3v) is 4.75. The Bertz CT molecular complexity index is 674. The summed E-state index contributed by atoms with van der Waals surface area (Å²) in [7, 11) is 3.58. The van der Waals surface area contributed by atoms with Crippen molar-refractivity contribution in [1.82, 2.24) is 19.6 Å². The Balaban J connectivity index is 1.73. The van der Waals surface area contributed by atoms with Crippen molar-refractivity contribution in [2.75, 3.05) is 27.2 Å². The molecule has 1 amide bonds. The summed E-state index contributed by atoms with van der Waals surface area (Å²) < 4.78 is 14.8. The molecule has 0 saturated carbocycles. The molecule has 24 heavy (non-hydrogen) atoms. The minimum absolute atomic E-state index is 0.0904. The Kier molecular flexibility index (Phi) is 4.66. The van der Waals surface area contributed by atoms with Crippen molar-refractivity contribution in [3.8, 4) is 0 Å². The number of hydrogen-bond donors (Lipinski definition) is 0. The molecule has 0 bridgehead atoms. The third-order valence-electron chi connectivity index (χ3n) is 4.75. The van der Waals surface area contributed by atoms with Gasteiger partial charge >= 0.3 is 0 Å². The van der Waals surface area contributed by atoms with Crippen LogP contribution in [0.5, 0.6) is 0 Å². The minimum atomic E-state index is -0.605. The van der Waals surface area contributed by atoms with E-state index in [-0.39, 0.29) is 11.7 Å². The van der Waals surface area contributed by atoms with E-state index in [1.807, 2.05) is 29.1 Å².